The number of aryl methyl sites for hydroxylation is 1. The van der Waals surface area contributed by atoms with Crippen LogP contribution in [0.1, 0.15) is 59.9 Å². The topological polar surface area (TPSA) is 33.5 Å². The molecule has 1 heterocycles. The van der Waals surface area contributed by atoms with E-state index in [0.717, 1.165) is 12.8 Å². The number of nitrogens with zero attached hydrogens (tertiary/aromatic N) is 1. The van der Waals surface area contributed by atoms with Crippen LogP contribution in [0, 0.1) is 6.92 Å². The van der Waals surface area contributed by atoms with Crippen LogP contribution in [0.5, 0.6) is 0 Å². The third-order valence-corrected chi connectivity index (χ3v) is 4.34. The smallest absolute Gasteiger partial charge is 0.257 e. The summed E-state index contributed by atoms with van der Waals surface area (Å²) in [6.45, 7) is 6.90. The molecule has 0 atom stereocenters. The average molecular weight is 297 g/mol. The molecule has 0 N–H and O–H groups in total. The lowest BCUT2D eigenvalue weighted by Crippen LogP contribution is -2.32. The first-order valence-corrected chi connectivity index (χ1v) is 8.00. The first-order chi connectivity index (χ1) is 10.6. The Morgan fingerprint density at radius 3 is 2.41 bits per heavy atom. The van der Waals surface area contributed by atoms with E-state index in [0.29, 0.717) is 29.8 Å². The maximum absolute atomic E-state index is 12.8. The fourth-order valence-corrected chi connectivity index (χ4v) is 2.72. The molecule has 1 amide bonds. The van der Waals surface area contributed by atoms with Gasteiger partial charge < -0.3 is 9.32 Å². The van der Waals surface area contributed by atoms with Crippen LogP contribution in [0.4, 0.5) is 0 Å². The summed E-state index contributed by atoms with van der Waals surface area (Å²) in [7, 11) is 0. The minimum atomic E-state index is 0.0849. The highest BCUT2D eigenvalue weighted by Crippen LogP contribution is 2.30. The van der Waals surface area contributed by atoms with Crippen molar-refractivity contribution < 1.29 is 9.21 Å². The molecular weight excluding hydrogens is 274 g/mol. The van der Waals surface area contributed by atoms with Crippen molar-refractivity contribution in [1.82, 2.24) is 4.90 Å². The lowest BCUT2D eigenvalue weighted by molar-refractivity contribution is 0.0728. The third-order valence-electron chi connectivity index (χ3n) is 4.34. The maximum atomic E-state index is 12.8. The van der Waals surface area contributed by atoms with Crippen molar-refractivity contribution in [2.24, 2.45) is 0 Å². The molecule has 22 heavy (non-hydrogen) atoms. The summed E-state index contributed by atoms with van der Waals surface area (Å²) in [5, 5.41) is 0. The Kier molecular flexibility index (Phi) is 4.06. The molecule has 1 saturated carbocycles. The van der Waals surface area contributed by atoms with Gasteiger partial charge in [0.25, 0.3) is 5.91 Å². The van der Waals surface area contributed by atoms with E-state index in [2.05, 4.69) is 38.1 Å². The quantitative estimate of drug-likeness (QED) is 0.813. The van der Waals surface area contributed by atoms with Crippen LogP contribution >= 0.6 is 0 Å². The van der Waals surface area contributed by atoms with Crippen molar-refractivity contribution in [3.8, 4) is 0 Å². The zero-order valence-electron chi connectivity index (χ0n) is 13.5. The molecule has 1 aliphatic rings. The highest BCUT2D eigenvalue weighted by atomic mass is 16.3. The number of benzene rings is 1. The molecule has 1 aromatic heterocycles. The predicted octanol–water partition coefficient (Wildman–Crippen LogP) is 4.52. The molecule has 0 spiro atoms. The summed E-state index contributed by atoms with van der Waals surface area (Å²) in [6.07, 6.45) is 3.80. The first-order valence-electron chi connectivity index (χ1n) is 8.00. The van der Waals surface area contributed by atoms with Crippen molar-refractivity contribution in [2.75, 3.05) is 0 Å². The second-order valence-electron chi connectivity index (χ2n) is 6.45. The fraction of sp³-hybridized carbons (Fsp3) is 0.421. The lowest BCUT2D eigenvalue weighted by Gasteiger charge is -2.22. The number of rotatable bonds is 5. The Balaban J connectivity index is 1.77. The summed E-state index contributed by atoms with van der Waals surface area (Å²) in [4.78, 5) is 14.7. The number of amides is 1. The Morgan fingerprint density at radius 2 is 1.91 bits per heavy atom. The van der Waals surface area contributed by atoms with E-state index in [1.54, 1.807) is 12.3 Å². The highest BCUT2D eigenvalue weighted by Gasteiger charge is 2.34. The summed E-state index contributed by atoms with van der Waals surface area (Å²) in [5.74, 6) is 1.32. The number of hydrogen-bond acceptors (Lipinski definition) is 2. The summed E-state index contributed by atoms with van der Waals surface area (Å²) >= 11 is 0. The molecule has 0 bridgehead atoms. The molecule has 3 rings (SSSR count). The molecule has 1 aliphatic carbocycles. The Hall–Kier alpha value is -2.03. The van der Waals surface area contributed by atoms with Gasteiger partial charge in [0, 0.05) is 12.6 Å². The second kappa shape index (κ2) is 5.99. The molecule has 1 fully saturated rings. The molecule has 0 unspecified atom stereocenters. The minimum Gasteiger partial charge on any atom is -0.469 e. The average Bonchev–Trinajstić information content (AvgIpc) is 3.26. The van der Waals surface area contributed by atoms with Crippen molar-refractivity contribution in [1.29, 1.82) is 0 Å². The van der Waals surface area contributed by atoms with Crippen LogP contribution in [-0.2, 0) is 6.54 Å². The summed E-state index contributed by atoms with van der Waals surface area (Å²) in [5.41, 5.74) is 3.20. The van der Waals surface area contributed by atoms with Gasteiger partial charge in [-0.3, -0.25) is 4.79 Å². The summed E-state index contributed by atoms with van der Waals surface area (Å²) < 4.78 is 5.28. The number of furan rings is 1. The van der Waals surface area contributed by atoms with E-state index in [9.17, 15) is 4.79 Å². The molecule has 1 aromatic carbocycles. The molecule has 3 nitrogen and oxygen atoms in total. The van der Waals surface area contributed by atoms with Gasteiger partial charge in [-0.15, -0.1) is 0 Å². The van der Waals surface area contributed by atoms with Crippen LogP contribution in [0.3, 0.4) is 0 Å². The van der Waals surface area contributed by atoms with Gasteiger partial charge in [0.2, 0.25) is 0 Å². The fourth-order valence-electron chi connectivity index (χ4n) is 2.72. The number of hydrogen-bond donors (Lipinski definition) is 0. The van der Waals surface area contributed by atoms with E-state index in [1.165, 1.54) is 11.1 Å². The van der Waals surface area contributed by atoms with Crippen molar-refractivity contribution in [3.63, 3.8) is 0 Å². The van der Waals surface area contributed by atoms with Gasteiger partial charge in [0.1, 0.15) is 5.76 Å². The van der Waals surface area contributed by atoms with Gasteiger partial charge in [-0.25, -0.2) is 0 Å². The normalized spacial score (nSPS) is 14.4. The van der Waals surface area contributed by atoms with Crippen molar-refractivity contribution in [3.05, 3.63) is 59.0 Å². The van der Waals surface area contributed by atoms with E-state index >= 15 is 0 Å². The lowest BCUT2D eigenvalue weighted by atomic mass is 10.0. The largest absolute Gasteiger partial charge is 0.469 e. The van der Waals surface area contributed by atoms with Gasteiger partial charge >= 0.3 is 0 Å². The third kappa shape index (κ3) is 3.08. The SMILES string of the molecule is Cc1occc1C(=O)N(Cc1ccc(C(C)C)cc1)C1CC1. The van der Waals surface area contributed by atoms with Gasteiger partial charge in [0.05, 0.1) is 11.8 Å². The molecule has 0 aliphatic heterocycles. The van der Waals surface area contributed by atoms with Gasteiger partial charge in [-0.05, 0) is 42.9 Å². The van der Waals surface area contributed by atoms with E-state index in [4.69, 9.17) is 4.42 Å². The van der Waals surface area contributed by atoms with Crippen LogP contribution in [0.2, 0.25) is 0 Å². The zero-order valence-corrected chi connectivity index (χ0v) is 13.5. The molecule has 116 valence electrons. The molecule has 0 saturated heterocycles. The molecule has 2 aromatic rings. The van der Waals surface area contributed by atoms with Crippen LogP contribution in [0.15, 0.2) is 41.0 Å². The van der Waals surface area contributed by atoms with Gasteiger partial charge in [0.15, 0.2) is 0 Å². The van der Waals surface area contributed by atoms with Gasteiger partial charge in [-0.2, -0.15) is 0 Å². The monoisotopic (exact) mass is 297 g/mol. The summed E-state index contributed by atoms with van der Waals surface area (Å²) in [6, 6.07) is 10.8. The molecular formula is C19H23NO2. The highest BCUT2D eigenvalue weighted by molar-refractivity contribution is 5.95. The molecule has 0 radical (unpaired) electrons. The van der Waals surface area contributed by atoms with Crippen LogP contribution in [0.25, 0.3) is 0 Å². The van der Waals surface area contributed by atoms with E-state index in [-0.39, 0.29) is 5.91 Å². The predicted molar refractivity (Wildman–Crippen MR) is 86.9 cm³/mol. The standard InChI is InChI=1S/C19H23NO2/c1-13(2)16-6-4-15(5-7-16)12-20(17-8-9-17)19(21)18-10-11-22-14(18)3/h4-7,10-11,13,17H,8-9,12H2,1-3H3. The molecule has 3 heteroatoms. The Labute approximate surface area is 131 Å². The number of carbonyl (C=O) groups is 1. The van der Waals surface area contributed by atoms with Crippen LogP contribution in [-0.4, -0.2) is 16.8 Å². The second-order valence-corrected chi connectivity index (χ2v) is 6.45. The van der Waals surface area contributed by atoms with Gasteiger partial charge in [-0.1, -0.05) is 38.1 Å². The number of carbonyl (C=O) groups excluding carboxylic acids is 1. The maximum Gasteiger partial charge on any atom is 0.257 e. The Bertz CT molecular complexity index is 650. The first kappa shape index (κ1) is 14.9. The van der Waals surface area contributed by atoms with Crippen LogP contribution < -0.4 is 0 Å². The minimum absolute atomic E-state index is 0.0849. The van der Waals surface area contributed by atoms with E-state index < -0.39 is 0 Å². The van der Waals surface area contributed by atoms with E-state index in [1.807, 2.05) is 11.8 Å². The zero-order chi connectivity index (χ0) is 15.7. The van der Waals surface area contributed by atoms with Crippen molar-refractivity contribution >= 4 is 5.91 Å². The van der Waals surface area contributed by atoms with Crippen molar-refractivity contribution in [2.45, 2.75) is 52.1 Å². The Morgan fingerprint density at radius 1 is 1.23 bits per heavy atom.